The normalized spacial score (nSPS) is 17.2. The second-order valence-electron chi connectivity index (χ2n) is 9.70. The Labute approximate surface area is 227 Å². The molecule has 0 radical (unpaired) electrons. The molecule has 1 N–H and O–H groups in total. The number of rotatable bonds is 7. The van der Waals surface area contributed by atoms with Gasteiger partial charge < -0.3 is 15.1 Å². The number of benzene rings is 2. The number of nitrogens with one attached hydrogen (secondary N) is 1. The molecule has 0 spiro atoms. The minimum absolute atomic E-state index is 0. The van der Waals surface area contributed by atoms with Gasteiger partial charge in [-0.2, -0.15) is 13.2 Å². The summed E-state index contributed by atoms with van der Waals surface area (Å²) in [5, 5.41) is 14.1. The van der Waals surface area contributed by atoms with E-state index < -0.39 is 22.4 Å². The Balaban J connectivity index is 0.00000400. The number of anilines is 2. The van der Waals surface area contributed by atoms with Crippen LogP contribution in [0.3, 0.4) is 0 Å². The van der Waals surface area contributed by atoms with E-state index in [1.807, 2.05) is 0 Å². The molecule has 208 valence electrons. The molecular formula is C27H36F3N5O2S. The highest BCUT2D eigenvalue weighted by Crippen LogP contribution is 2.38. The van der Waals surface area contributed by atoms with Crippen LogP contribution in [0.5, 0.6) is 0 Å². The van der Waals surface area contributed by atoms with E-state index in [1.54, 1.807) is 0 Å². The third-order valence-corrected chi connectivity index (χ3v) is 7.59. The number of nitro benzene ring substituents is 1. The molecule has 2 aliphatic rings. The first kappa shape index (κ1) is 29.6. The van der Waals surface area contributed by atoms with Crippen molar-refractivity contribution < 1.29 is 18.1 Å². The van der Waals surface area contributed by atoms with Crippen LogP contribution in [0.25, 0.3) is 0 Å². The largest absolute Gasteiger partial charge is 0.423 e. The van der Waals surface area contributed by atoms with Gasteiger partial charge in [-0.3, -0.25) is 15.0 Å². The van der Waals surface area contributed by atoms with Crippen molar-refractivity contribution in [3.05, 3.63) is 63.7 Å². The maximum atomic E-state index is 13.3. The van der Waals surface area contributed by atoms with Gasteiger partial charge in [0.2, 0.25) is 0 Å². The summed E-state index contributed by atoms with van der Waals surface area (Å²) < 4.78 is 39.8. The van der Waals surface area contributed by atoms with Crippen LogP contribution in [-0.2, 0) is 6.18 Å². The molecular weight excluding hydrogens is 515 g/mol. The third kappa shape index (κ3) is 7.57. The zero-order valence-electron chi connectivity index (χ0n) is 20.8. The van der Waals surface area contributed by atoms with Crippen LogP contribution in [0, 0.1) is 17.0 Å². The molecule has 2 saturated heterocycles. The van der Waals surface area contributed by atoms with Gasteiger partial charge in [-0.1, -0.05) is 37.3 Å². The van der Waals surface area contributed by atoms with Gasteiger partial charge in [0.15, 0.2) is 0 Å². The number of hydrogen-bond acceptors (Lipinski definition) is 6. The van der Waals surface area contributed by atoms with E-state index in [0.717, 1.165) is 82.2 Å². The number of thiocarbonyl (C=S) groups is 1. The molecule has 2 aliphatic heterocycles. The third-order valence-electron chi connectivity index (χ3n) is 7.13. The molecule has 0 atom stereocenters. The Bertz CT molecular complexity index is 1100. The summed E-state index contributed by atoms with van der Waals surface area (Å²) in [5.74, 6) is 0. The minimum Gasteiger partial charge on any atom is -0.382 e. The standard InChI is InChI=1S/C26H32F3N5O2S.CH4/c1-19-2-5-22(6-3-19)32-16-14-31(15-17-32)11-10-25(37)33-12-8-20(9-13-33)30-21-4-7-24(34(35)36)23(18-21)26(27,28)29;/h2-7,18,20,30H,8-17H2,1H3;1H4. The molecule has 38 heavy (non-hydrogen) atoms. The number of aryl methyl sites for hydroxylation is 1. The molecule has 2 aromatic rings. The molecule has 0 saturated carbocycles. The number of alkyl halides is 3. The monoisotopic (exact) mass is 551 g/mol. The van der Waals surface area contributed by atoms with Crippen LogP contribution >= 0.6 is 12.2 Å². The summed E-state index contributed by atoms with van der Waals surface area (Å²) in [4.78, 5) is 17.9. The summed E-state index contributed by atoms with van der Waals surface area (Å²) >= 11 is 5.70. The maximum Gasteiger partial charge on any atom is 0.423 e. The summed E-state index contributed by atoms with van der Waals surface area (Å²) in [5.41, 5.74) is 0.595. The van der Waals surface area contributed by atoms with E-state index in [4.69, 9.17) is 12.2 Å². The van der Waals surface area contributed by atoms with Gasteiger partial charge in [-0.05, 0) is 44.0 Å². The Morgan fingerprint density at radius 2 is 1.68 bits per heavy atom. The fourth-order valence-electron chi connectivity index (χ4n) is 4.92. The van der Waals surface area contributed by atoms with Crippen LogP contribution in [0.4, 0.5) is 30.2 Å². The van der Waals surface area contributed by atoms with Gasteiger partial charge >= 0.3 is 6.18 Å². The molecule has 11 heteroatoms. The highest BCUT2D eigenvalue weighted by molar-refractivity contribution is 7.80. The predicted octanol–water partition coefficient (Wildman–Crippen LogP) is 5.97. The van der Waals surface area contributed by atoms with E-state index in [-0.39, 0.29) is 19.2 Å². The van der Waals surface area contributed by atoms with Gasteiger partial charge in [0.25, 0.3) is 5.69 Å². The fourth-order valence-corrected chi connectivity index (χ4v) is 5.19. The fraction of sp³-hybridized carbons (Fsp3) is 0.519. The first-order valence-electron chi connectivity index (χ1n) is 12.5. The van der Waals surface area contributed by atoms with Crippen LogP contribution in [-0.4, -0.2) is 71.6 Å². The maximum absolute atomic E-state index is 13.3. The zero-order valence-corrected chi connectivity index (χ0v) is 21.7. The number of halogens is 3. The smallest absolute Gasteiger partial charge is 0.382 e. The van der Waals surface area contributed by atoms with E-state index >= 15 is 0 Å². The van der Waals surface area contributed by atoms with Crippen LogP contribution in [0.1, 0.15) is 37.8 Å². The number of piperazine rings is 1. The van der Waals surface area contributed by atoms with Crippen molar-refractivity contribution in [2.75, 3.05) is 56.0 Å². The average molecular weight is 552 g/mol. The Kier molecular flexibility index (Phi) is 9.94. The van der Waals surface area contributed by atoms with Crippen molar-refractivity contribution in [1.82, 2.24) is 9.80 Å². The van der Waals surface area contributed by atoms with Gasteiger partial charge in [0.05, 0.1) is 9.91 Å². The zero-order chi connectivity index (χ0) is 26.6. The Morgan fingerprint density at radius 3 is 2.26 bits per heavy atom. The Morgan fingerprint density at radius 1 is 1.05 bits per heavy atom. The van der Waals surface area contributed by atoms with Crippen molar-refractivity contribution in [3.8, 4) is 0 Å². The Hall–Kier alpha value is -2.92. The summed E-state index contributed by atoms with van der Waals surface area (Å²) in [6.07, 6.45) is -2.51. The van der Waals surface area contributed by atoms with Gasteiger partial charge in [-0.25, -0.2) is 0 Å². The molecule has 2 heterocycles. The molecule has 2 fully saturated rings. The van der Waals surface area contributed by atoms with Gasteiger partial charge in [0.1, 0.15) is 5.56 Å². The summed E-state index contributed by atoms with van der Waals surface area (Å²) in [7, 11) is 0. The van der Waals surface area contributed by atoms with Gasteiger partial charge in [-0.15, -0.1) is 0 Å². The molecule has 0 amide bonds. The van der Waals surface area contributed by atoms with E-state index in [1.165, 1.54) is 17.3 Å². The quantitative estimate of drug-likeness (QED) is 0.258. The second-order valence-corrected chi connectivity index (χ2v) is 10.2. The molecule has 0 aromatic heterocycles. The lowest BCUT2D eigenvalue weighted by molar-refractivity contribution is -0.388. The number of piperidine rings is 1. The van der Waals surface area contributed by atoms with Crippen molar-refractivity contribution in [3.63, 3.8) is 0 Å². The minimum atomic E-state index is -4.79. The molecule has 0 bridgehead atoms. The van der Waals surface area contributed by atoms with Gasteiger partial charge in [0, 0.05) is 75.7 Å². The lowest BCUT2D eigenvalue weighted by atomic mass is 10.0. The molecule has 7 nitrogen and oxygen atoms in total. The van der Waals surface area contributed by atoms with Crippen molar-refractivity contribution in [1.29, 1.82) is 0 Å². The first-order valence-corrected chi connectivity index (χ1v) is 12.9. The second kappa shape index (κ2) is 12.8. The number of likely N-dealkylation sites (tertiary alicyclic amines) is 1. The number of nitro groups is 1. The molecule has 4 rings (SSSR count). The topological polar surface area (TPSA) is 64.9 Å². The number of nitrogens with zero attached hydrogens (tertiary/aromatic N) is 4. The van der Waals surface area contributed by atoms with Crippen molar-refractivity contribution >= 4 is 34.3 Å². The van der Waals surface area contributed by atoms with Crippen LogP contribution in [0.15, 0.2) is 42.5 Å². The van der Waals surface area contributed by atoms with E-state index in [2.05, 4.69) is 51.2 Å². The average Bonchev–Trinajstić information content (AvgIpc) is 2.88. The number of hydrogen-bond donors (Lipinski definition) is 1. The lowest BCUT2D eigenvalue weighted by Crippen LogP contribution is -2.48. The lowest BCUT2D eigenvalue weighted by Gasteiger charge is -2.37. The summed E-state index contributed by atoms with van der Waals surface area (Å²) in [6, 6.07) is 11.7. The van der Waals surface area contributed by atoms with Crippen LogP contribution in [0.2, 0.25) is 0 Å². The van der Waals surface area contributed by atoms with E-state index in [9.17, 15) is 23.3 Å². The molecule has 0 unspecified atom stereocenters. The predicted molar refractivity (Wildman–Crippen MR) is 150 cm³/mol. The SMILES string of the molecule is C.Cc1ccc(N2CCN(CCC(=S)N3CCC(Nc4ccc([N+](=O)[O-])c(C(F)(F)F)c4)CC3)CC2)cc1. The van der Waals surface area contributed by atoms with Crippen molar-refractivity contribution in [2.45, 2.75) is 45.8 Å². The summed E-state index contributed by atoms with van der Waals surface area (Å²) in [6.45, 7) is 8.46. The highest BCUT2D eigenvalue weighted by Gasteiger charge is 2.38. The molecule has 0 aliphatic carbocycles. The molecule has 2 aromatic carbocycles. The van der Waals surface area contributed by atoms with E-state index in [0.29, 0.717) is 0 Å². The highest BCUT2D eigenvalue weighted by atomic mass is 32.1. The first-order chi connectivity index (χ1) is 17.6. The van der Waals surface area contributed by atoms with Crippen molar-refractivity contribution in [2.24, 2.45) is 0 Å². The van der Waals surface area contributed by atoms with Crippen LogP contribution < -0.4 is 10.2 Å².